The lowest BCUT2D eigenvalue weighted by Crippen LogP contribution is -2.30. The molecule has 0 amide bonds. The Hall–Kier alpha value is -1.23. The summed E-state index contributed by atoms with van der Waals surface area (Å²) in [5.74, 6) is 0. The molecular formula is C17H23N3S. The third-order valence-electron chi connectivity index (χ3n) is 4.13. The van der Waals surface area contributed by atoms with E-state index < -0.39 is 0 Å². The summed E-state index contributed by atoms with van der Waals surface area (Å²) in [5, 5.41) is 0. The second-order valence-electron chi connectivity index (χ2n) is 5.57. The van der Waals surface area contributed by atoms with E-state index >= 15 is 0 Å². The highest BCUT2D eigenvalue weighted by molar-refractivity contribution is 7.15. The number of pyridine rings is 1. The van der Waals surface area contributed by atoms with Gasteiger partial charge in [0.2, 0.25) is 0 Å². The van der Waals surface area contributed by atoms with Gasteiger partial charge in [0.1, 0.15) is 0 Å². The summed E-state index contributed by atoms with van der Waals surface area (Å²) in [7, 11) is 0. The molecule has 1 saturated heterocycles. The first-order valence-corrected chi connectivity index (χ1v) is 8.60. The molecule has 3 nitrogen and oxygen atoms in total. The molecule has 0 saturated carbocycles. The summed E-state index contributed by atoms with van der Waals surface area (Å²) in [6.45, 7) is 9.40. The molecule has 0 aliphatic carbocycles. The summed E-state index contributed by atoms with van der Waals surface area (Å²) >= 11 is 1.91. The second-order valence-corrected chi connectivity index (χ2v) is 6.73. The van der Waals surface area contributed by atoms with Crippen molar-refractivity contribution in [3.8, 4) is 10.4 Å². The lowest BCUT2D eigenvalue weighted by molar-refractivity contribution is 0.259. The van der Waals surface area contributed by atoms with Crippen LogP contribution in [0.1, 0.15) is 18.2 Å². The van der Waals surface area contributed by atoms with Crippen molar-refractivity contribution in [1.29, 1.82) is 0 Å². The molecule has 1 aliphatic heterocycles. The van der Waals surface area contributed by atoms with Gasteiger partial charge in [-0.2, -0.15) is 0 Å². The number of likely N-dealkylation sites (N-methyl/N-ethyl adjacent to an activating group) is 1. The molecule has 0 bridgehead atoms. The van der Waals surface area contributed by atoms with Crippen molar-refractivity contribution in [3.05, 3.63) is 41.5 Å². The minimum Gasteiger partial charge on any atom is -0.302 e. The van der Waals surface area contributed by atoms with E-state index in [0.717, 1.165) is 6.54 Å². The fourth-order valence-electron chi connectivity index (χ4n) is 2.85. The van der Waals surface area contributed by atoms with Crippen molar-refractivity contribution in [3.63, 3.8) is 0 Å². The van der Waals surface area contributed by atoms with Gasteiger partial charge in [0.25, 0.3) is 0 Å². The maximum Gasteiger partial charge on any atom is 0.0347 e. The number of hydrogen-bond acceptors (Lipinski definition) is 4. The Morgan fingerprint density at radius 3 is 2.57 bits per heavy atom. The van der Waals surface area contributed by atoms with E-state index in [0.29, 0.717) is 0 Å². The Bertz CT molecular complexity index is 552. The van der Waals surface area contributed by atoms with Crippen LogP contribution in [0.4, 0.5) is 0 Å². The highest BCUT2D eigenvalue weighted by Crippen LogP contribution is 2.28. The first-order chi connectivity index (χ1) is 10.3. The van der Waals surface area contributed by atoms with E-state index in [9.17, 15) is 0 Å². The predicted octanol–water partition coefficient (Wildman–Crippen LogP) is 3.34. The molecule has 0 unspecified atom stereocenters. The van der Waals surface area contributed by atoms with Gasteiger partial charge in [0, 0.05) is 41.8 Å². The monoisotopic (exact) mass is 301 g/mol. The van der Waals surface area contributed by atoms with E-state index in [1.807, 2.05) is 23.7 Å². The van der Waals surface area contributed by atoms with Crippen molar-refractivity contribution in [1.82, 2.24) is 14.8 Å². The Labute approximate surface area is 131 Å². The van der Waals surface area contributed by atoms with E-state index in [1.54, 1.807) is 0 Å². The van der Waals surface area contributed by atoms with Crippen LogP contribution in [0.2, 0.25) is 0 Å². The Morgan fingerprint density at radius 2 is 1.76 bits per heavy atom. The largest absolute Gasteiger partial charge is 0.302 e. The molecule has 0 aromatic carbocycles. The standard InChI is InChI=1S/C17H23N3S/c1-2-19-10-3-11-20(13-12-19)14-16-4-5-17(21-16)15-6-8-18-9-7-15/h4-9H,2-3,10-14H2,1H3. The van der Waals surface area contributed by atoms with Crippen LogP contribution >= 0.6 is 11.3 Å². The summed E-state index contributed by atoms with van der Waals surface area (Å²) in [5.41, 5.74) is 1.27. The molecule has 21 heavy (non-hydrogen) atoms. The van der Waals surface area contributed by atoms with Crippen LogP contribution in [0.25, 0.3) is 10.4 Å². The highest BCUT2D eigenvalue weighted by atomic mass is 32.1. The number of thiophene rings is 1. The van der Waals surface area contributed by atoms with Gasteiger partial charge in [-0.1, -0.05) is 6.92 Å². The van der Waals surface area contributed by atoms with Gasteiger partial charge in [-0.25, -0.2) is 0 Å². The fraction of sp³-hybridized carbons (Fsp3) is 0.471. The number of nitrogens with zero attached hydrogens (tertiary/aromatic N) is 3. The topological polar surface area (TPSA) is 19.4 Å². The second kappa shape index (κ2) is 7.16. The van der Waals surface area contributed by atoms with Gasteiger partial charge in [-0.3, -0.25) is 9.88 Å². The van der Waals surface area contributed by atoms with Crippen LogP contribution in [-0.4, -0.2) is 47.5 Å². The molecule has 112 valence electrons. The zero-order valence-electron chi connectivity index (χ0n) is 12.7. The molecule has 2 aromatic heterocycles. The zero-order valence-corrected chi connectivity index (χ0v) is 13.5. The Morgan fingerprint density at radius 1 is 1.00 bits per heavy atom. The van der Waals surface area contributed by atoms with Crippen LogP contribution in [0.3, 0.4) is 0 Å². The third-order valence-corrected chi connectivity index (χ3v) is 5.25. The van der Waals surface area contributed by atoms with Crippen molar-refractivity contribution < 1.29 is 0 Å². The lowest BCUT2D eigenvalue weighted by atomic mass is 10.2. The zero-order chi connectivity index (χ0) is 14.5. The average molecular weight is 301 g/mol. The molecule has 0 N–H and O–H groups in total. The van der Waals surface area contributed by atoms with Gasteiger partial charge < -0.3 is 4.90 Å². The van der Waals surface area contributed by atoms with Crippen molar-refractivity contribution in [2.45, 2.75) is 19.9 Å². The van der Waals surface area contributed by atoms with E-state index in [2.05, 4.69) is 46.0 Å². The summed E-state index contributed by atoms with van der Waals surface area (Å²) in [6.07, 6.45) is 5.02. The minimum atomic E-state index is 1.09. The molecule has 2 aromatic rings. The van der Waals surface area contributed by atoms with Crippen LogP contribution in [-0.2, 0) is 6.54 Å². The van der Waals surface area contributed by atoms with Gasteiger partial charge in [0.15, 0.2) is 0 Å². The SMILES string of the molecule is CCN1CCCN(Cc2ccc(-c3ccncc3)s2)CC1. The van der Waals surface area contributed by atoms with Crippen LogP contribution in [0.5, 0.6) is 0 Å². The average Bonchev–Trinajstić information content (AvgIpc) is 2.87. The summed E-state index contributed by atoms with van der Waals surface area (Å²) in [6, 6.07) is 8.69. The van der Waals surface area contributed by atoms with E-state index in [4.69, 9.17) is 0 Å². The minimum absolute atomic E-state index is 1.09. The fourth-order valence-corrected chi connectivity index (χ4v) is 3.91. The summed E-state index contributed by atoms with van der Waals surface area (Å²) in [4.78, 5) is 12.0. The number of aromatic nitrogens is 1. The first kappa shape index (κ1) is 14.7. The van der Waals surface area contributed by atoms with Crippen molar-refractivity contribution >= 4 is 11.3 Å². The molecule has 3 heterocycles. The normalized spacial score (nSPS) is 17.8. The molecule has 0 radical (unpaired) electrons. The third kappa shape index (κ3) is 3.90. The molecular weight excluding hydrogens is 278 g/mol. The molecule has 4 heteroatoms. The predicted molar refractivity (Wildman–Crippen MR) is 89.6 cm³/mol. The van der Waals surface area contributed by atoms with Gasteiger partial charge in [-0.15, -0.1) is 11.3 Å². The Balaban J connectivity index is 1.62. The first-order valence-electron chi connectivity index (χ1n) is 7.79. The van der Waals surface area contributed by atoms with E-state index in [-0.39, 0.29) is 0 Å². The quantitative estimate of drug-likeness (QED) is 0.863. The maximum atomic E-state index is 4.09. The smallest absolute Gasteiger partial charge is 0.0347 e. The molecule has 3 rings (SSSR count). The van der Waals surface area contributed by atoms with Crippen LogP contribution in [0, 0.1) is 0 Å². The molecule has 0 atom stereocenters. The van der Waals surface area contributed by atoms with Gasteiger partial charge >= 0.3 is 0 Å². The summed E-state index contributed by atoms with van der Waals surface area (Å²) < 4.78 is 0. The van der Waals surface area contributed by atoms with Gasteiger partial charge in [0.05, 0.1) is 0 Å². The number of hydrogen-bond donors (Lipinski definition) is 0. The van der Waals surface area contributed by atoms with Crippen molar-refractivity contribution in [2.24, 2.45) is 0 Å². The van der Waals surface area contributed by atoms with Crippen LogP contribution < -0.4 is 0 Å². The van der Waals surface area contributed by atoms with E-state index in [1.165, 1.54) is 54.5 Å². The number of rotatable bonds is 4. The maximum absolute atomic E-state index is 4.09. The molecule has 1 fully saturated rings. The Kier molecular flexibility index (Phi) is 5.01. The highest BCUT2D eigenvalue weighted by Gasteiger charge is 2.14. The van der Waals surface area contributed by atoms with Gasteiger partial charge in [-0.05, 0) is 55.9 Å². The van der Waals surface area contributed by atoms with Crippen LogP contribution in [0.15, 0.2) is 36.7 Å². The lowest BCUT2D eigenvalue weighted by Gasteiger charge is -2.20. The van der Waals surface area contributed by atoms with Crippen molar-refractivity contribution in [2.75, 3.05) is 32.7 Å². The molecule has 1 aliphatic rings. The molecule has 0 spiro atoms.